The molecule has 2 heterocycles. The standard InChI is InChI=1S/C27H23F3N4O3/c28-27(29,30)19-9-7-18(8-10-19)20(11-12-24(35)33-15-17-4-3-13-31-14-17)25(26(36)37)23-16-32-21-5-1-2-6-22(21)34-23/h1-10,13-14,16,20,25H,11-12,15H2,(H,33,35)(H,36,37). The zero-order chi connectivity index (χ0) is 26.4. The average molecular weight is 509 g/mol. The van der Waals surface area contributed by atoms with E-state index in [0.717, 1.165) is 17.7 Å². The lowest BCUT2D eigenvalue weighted by atomic mass is 9.80. The highest BCUT2D eigenvalue weighted by Gasteiger charge is 2.35. The second kappa shape index (κ2) is 11.2. The predicted molar refractivity (Wildman–Crippen MR) is 129 cm³/mol. The van der Waals surface area contributed by atoms with E-state index in [0.29, 0.717) is 16.6 Å². The van der Waals surface area contributed by atoms with Crippen molar-refractivity contribution in [2.75, 3.05) is 0 Å². The van der Waals surface area contributed by atoms with E-state index in [9.17, 15) is 27.9 Å². The van der Waals surface area contributed by atoms with Crippen LogP contribution in [0.1, 0.15) is 47.1 Å². The largest absolute Gasteiger partial charge is 0.481 e. The zero-order valence-electron chi connectivity index (χ0n) is 19.5. The Hall–Kier alpha value is -4.34. The minimum Gasteiger partial charge on any atom is -0.481 e. The molecule has 37 heavy (non-hydrogen) atoms. The fourth-order valence-corrected chi connectivity index (χ4v) is 4.15. The molecule has 0 aliphatic carbocycles. The van der Waals surface area contributed by atoms with Gasteiger partial charge in [0.2, 0.25) is 5.91 Å². The lowest BCUT2D eigenvalue weighted by molar-refractivity contribution is -0.140. The van der Waals surface area contributed by atoms with Gasteiger partial charge >= 0.3 is 12.1 Å². The maximum absolute atomic E-state index is 13.1. The number of nitrogens with one attached hydrogen (secondary N) is 1. The molecule has 2 atom stereocenters. The molecule has 7 nitrogen and oxygen atoms in total. The minimum atomic E-state index is -4.53. The second-order valence-corrected chi connectivity index (χ2v) is 8.50. The predicted octanol–water partition coefficient (Wildman–Crippen LogP) is 5.09. The van der Waals surface area contributed by atoms with Crippen molar-refractivity contribution in [1.29, 1.82) is 0 Å². The first kappa shape index (κ1) is 25.7. The molecule has 4 rings (SSSR count). The summed E-state index contributed by atoms with van der Waals surface area (Å²) in [6.45, 7) is 0.246. The number of carbonyl (C=O) groups excluding carboxylic acids is 1. The Morgan fingerprint density at radius 2 is 1.68 bits per heavy atom. The first-order valence-electron chi connectivity index (χ1n) is 11.5. The van der Waals surface area contributed by atoms with Crippen molar-refractivity contribution in [3.63, 3.8) is 0 Å². The highest BCUT2D eigenvalue weighted by molar-refractivity contribution is 5.80. The van der Waals surface area contributed by atoms with Gasteiger partial charge in [-0.05, 0) is 47.9 Å². The van der Waals surface area contributed by atoms with Crippen molar-refractivity contribution in [2.45, 2.75) is 37.4 Å². The molecule has 2 unspecified atom stereocenters. The van der Waals surface area contributed by atoms with Gasteiger partial charge in [-0.1, -0.05) is 30.3 Å². The summed E-state index contributed by atoms with van der Waals surface area (Å²) in [5.74, 6) is -3.61. The Morgan fingerprint density at radius 1 is 0.946 bits per heavy atom. The second-order valence-electron chi connectivity index (χ2n) is 8.50. The van der Waals surface area contributed by atoms with Crippen molar-refractivity contribution in [3.8, 4) is 0 Å². The fraction of sp³-hybridized carbons (Fsp3) is 0.222. The molecule has 0 bridgehead atoms. The summed E-state index contributed by atoms with van der Waals surface area (Å²) < 4.78 is 39.4. The normalized spacial score (nSPS) is 13.2. The Morgan fingerprint density at radius 3 is 2.32 bits per heavy atom. The lowest BCUT2D eigenvalue weighted by Crippen LogP contribution is -2.26. The number of nitrogens with zero attached hydrogens (tertiary/aromatic N) is 3. The van der Waals surface area contributed by atoms with Crippen LogP contribution in [0.3, 0.4) is 0 Å². The molecule has 0 radical (unpaired) electrons. The van der Waals surface area contributed by atoms with E-state index in [-0.39, 0.29) is 31.0 Å². The molecule has 2 N–H and O–H groups in total. The monoisotopic (exact) mass is 508 g/mol. The number of aliphatic carboxylic acids is 1. The molecule has 0 fully saturated rings. The van der Waals surface area contributed by atoms with Crippen molar-refractivity contribution < 1.29 is 27.9 Å². The van der Waals surface area contributed by atoms with E-state index < -0.39 is 29.5 Å². The maximum Gasteiger partial charge on any atom is 0.416 e. The molecule has 0 spiro atoms. The van der Waals surface area contributed by atoms with Crippen molar-refractivity contribution >= 4 is 22.9 Å². The number of carboxylic acids is 1. The van der Waals surface area contributed by atoms with Gasteiger partial charge in [0.1, 0.15) is 5.92 Å². The van der Waals surface area contributed by atoms with Crippen LogP contribution in [0.5, 0.6) is 0 Å². The molecular formula is C27H23F3N4O3. The van der Waals surface area contributed by atoms with E-state index in [1.165, 1.54) is 18.3 Å². The van der Waals surface area contributed by atoms with Crippen molar-refractivity contribution in [3.05, 3.63) is 102 Å². The van der Waals surface area contributed by atoms with Crippen molar-refractivity contribution in [2.24, 2.45) is 0 Å². The summed E-state index contributed by atoms with van der Waals surface area (Å²) in [5, 5.41) is 12.9. The number of pyridine rings is 1. The Balaban J connectivity index is 1.62. The lowest BCUT2D eigenvalue weighted by Gasteiger charge is -2.24. The number of amides is 1. The van der Waals surface area contributed by atoms with Gasteiger partial charge in [-0.3, -0.25) is 19.6 Å². The van der Waals surface area contributed by atoms with Crippen molar-refractivity contribution in [1.82, 2.24) is 20.3 Å². The van der Waals surface area contributed by atoms with Crippen LogP contribution in [0.2, 0.25) is 0 Å². The number of carbonyl (C=O) groups is 2. The molecule has 0 saturated carbocycles. The summed E-state index contributed by atoms with van der Waals surface area (Å²) in [4.78, 5) is 37.8. The number of aromatic nitrogens is 3. The maximum atomic E-state index is 13.1. The number of benzene rings is 2. The topological polar surface area (TPSA) is 105 Å². The van der Waals surface area contributed by atoms with Crippen LogP contribution in [0.4, 0.5) is 13.2 Å². The average Bonchev–Trinajstić information content (AvgIpc) is 2.89. The molecule has 0 aliphatic heterocycles. The molecule has 2 aromatic heterocycles. The molecular weight excluding hydrogens is 485 g/mol. The van der Waals surface area contributed by atoms with Gasteiger partial charge in [0.25, 0.3) is 0 Å². The van der Waals surface area contributed by atoms with Crippen LogP contribution in [0.25, 0.3) is 11.0 Å². The summed E-state index contributed by atoms with van der Waals surface area (Å²) in [7, 11) is 0. The van der Waals surface area contributed by atoms with Crippen LogP contribution in [-0.4, -0.2) is 31.9 Å². The number of carboxylic acid groups (broad SMARTS) is 1. The van der Waals surface area contributed by atoms with E-state index in [4.69, 9.17) is 0 Å². The van der Waals surface area contributed by atoms with E-state index in [1.807, 2.05) is 0 Å². The van der Waals surface area contributed by atoms with E-state index in [2.05, 4.69) is 20.3 Å². The molecule has 4 aromatic rings. The number of hydrogen-bond donors (Lipinski definition) is 2. The number of halogens is 3. The van der Waals surface area contributed by atoms with Crippen LogP contribution in [-0.2, 0) is 22.3 Å². The summed E-state index contributed by atoms with van der Waals surface area (Å²) in [5.41, 5.74) is 1.54. The Kier molecular flexibility index (Phi) is 7.76. The van der Waals surface area contributed by atoms with Gasteiger partial charge in [-0.15, -0.1) is 0 Å². The van der Waals surface area contributed by atoms with Gasteiger partial charge < -0.3 is 10.4 Å². The third kappa shape index (κ3) is 6.46. The van der Waals surface area contributed by atoms with Crippen LogP contribution in [0.15, 0.2) is 79.3 Å². The summed E-state index contributed by atoms with van der Waals surface area (Å²) in [6, 6.07) is 14.8. The smallest absolute Gasteiger partial charge is 0.416 e. The van der Waals surface area contributed by atoms with Crippen LogP contribution < -0.4 is 5.32 Å². The number of para-hydroxylation sites is 2. The van der Waals surface area contributed by atoms with Crippen LogP contribution >= 0.6 is 0 Å². The van der Waals surface area contributed by atoms with Gasteiger partial charge in [-0.25, -0.2) is 4.98 Å². The molecule has 190 valence electrons. The molecule has 0 saturated heterocycles. The number of fused-ring (bicyclic) bond motifs is 1. The first-order chi connectivity index (χ1) is 17.7. The summed E-state index contributed by atoms with van der Waals surface area (Å²) in [6.07, 6.45) is 0.0786. The fourth-order valence-electron chi connectivity index (χ4n) is 4.15. The Bertz CT molecular complexity index is 1380. The number of rotatable bonds is 9. The first-order valence-corrected chi connectivity index (χ1v) is 11.5. The minimum absolute atomic E-state index is 0.0449. The highest BCUT2D eigenvalue weighted by Crippen LogP contribution is 2.38. The summed E-state index contributed by atoms with van der Waals surface area (Å²) >= 11 is 0. The van der Waals surface area contributed by atoms with Gasteiger partial charge in [-0.2, -0.15) is 13.2 Å². The highest BCUT2D eigenvalue weighted by atomic mass is 19.4. The molecule has 2 aromatic carbocycles. The zero-order valence-corrected chi connectivity index (χ0v) is 19.5. The quantitative estimate of drug-likeness (QED) is 0.326. The van der Waals surface area contributed by atoms with Gasteiger partial charge in [0, 0.05) is 31.3 Å². The van der Waals surface area contributed by atoms with Gasteiger partial charge in [0.05, 0.1) is 28.5 Å². The third-order valence-electron chi connectivity index (χ3n) is 6.02. The van der Waals surface area contributed by atoms with E-state index in [1.54, 1.807) is 48.8 Å². The molecule has 0 aliphatic rings. The Labute approximate surface area is 210 Å². The number of hydrogen-bond acceptors (Lipinski definition) is 5. The number of alkyl halides is 3. The SMILES string of the molecule is O=C(CCC(c1ccc(C(F)(F)F)cc1)C(C(=O)O)c1cnc2ccccc2n1)NCc1cccnc1. The van der Waals surface area contributed by atoms with E-state index >= 15 is 0 Å². The third-order valence-corrected chi connectivity index (χ3v) is 6.02. The van der Waals surface area contributed by atoms with Gasteiger partial charge in [0.15, 0.2) is 0 Å². The molecule has 1 amide bonds. The van der Waals surface area contributed by atoms with Crippen LogP contribution in [0, 0.1) is 0 Å². The molecule has 10 heteroatoms.